The molecule has 0 fully saturated rings. The van der Waals surface area contributed by atoms with E-state index in [4.69, 9.17) is 21.1 Å². The van der Waals surface area contributed by atoms with E-state index in [-0.39, 0.29) is 37.3 Å². The monoisotopic (exact) mass is 509 g/mol. The molecular formula is C22H25ClFN5O4S. The molecule has 0 spiro atoms. The van der Waals surface area contributed by atoms with Crippen molar-refractivity contribution in [3.63, 3.8) is 0 Å². The van der Waals surface area contributed by atoms with Crippen LogP contribution in [0.5, 0.6) is 5.75 Å². The van der Waals surface area contributed by atoms with Crippen molar-refractivity contribution in [2.75, 3.05) is 39.6 Å². The highest BCUT2D eigenvalue weighted by Crippen LogP contribution is 2.25. The largest absolute Gasteiger partial charge is 0.489 e. The van der Waals surface area contributed by atoms with Crippen molar-refractivity contribution < 1.29 is 23.5 Å². The van der Waals surface area contributed by atoms with Gasteiger partial charge in [0, 0.05) is 23.5 Å². The molecule has 182 valence electrons. The Hall–Kier alpha value is -3.02. The molecule has 0 saturated heterocycles. The molecule has 0 atom stereocenters. The smallest absolute Gasteiger partial charge is 0.273 e. The number of nitrogens with one attached hydrogen (secondary N) is 2. The molecule has 12 heteroatoms. The molecule has 0 bridgehead atoms. The van der Waals surface area contributed by atoms with Crippen LogP contribution in [0.4, 0.5) is 4.39 Å². The van der Waals surface area contributed by atoms with Gasteiger partial charge in [0.1, 0.15) is 24.7 Å². The van der Waals surface area contributed by atoms with E-state index in [1.807, 2.05) is 19.1 Å². The van der Waals surface area contributed by atoms with Gasteiger partial charge in [-0.3, -0.25) is 9.59 Å². The fraction of sp³-hybridized carbons (Fsp3) is 0.364. The molecule has 1 aromatic carbocycles. The van der Waals surface area contributed by atoms with Gasteiger partial charge < -0.3 is 20.1 Å². The Bertz CT molecular complexity index is 1110. The topological polar surface area (TPSA) is 107 Å². The minimum Gasteiger partial charge on any atom is -0.489 e. The second kappa shape index (κ2) is 13.0. The van der Waals surface area contributed by atoms with Crippen LogP contribution in [-0.4, -0.2) is 66.4 Å². The second-order valence-corrected chi connectivity index (χ2v) is 8.75. The van der Waals surface area contributed by atoms with Crippen LogP contribution in [0.2, 0.25) is 4.34 Å². The van der Waals surface area contributed by atoms with Gasteiger partial charge >= 0.3 is 0 Å². The average molecular weight is 510 g/mol. The number of amides is 2. The van der Waals surface area contributed by atoms with Crippen molar-refractivity contribution in [2.45, 2.75) is 13.3 Å². The number of alkyl halides is 1. The zero-order chi connectivity index (χ0) is 24.3. The molecule has 2 N–H and O–H groups in total. The first-order valence-corrected chi connectivity index (χ1v) is 11.8. The molecule has 0 saturated carbocycles. The van der Waals surface area contributed by atoms with Crippen LogP contribution in [0, 0.1) is 0 Å². The van der Waals surface area contributed by atoms with Crippen molar-refractivity contribution in [1.82, 2.24) is 25.6 Å². The molecule has 0 radical (unpaired) electrons. The predicted molar refractivity (Wildman–Crippen MR) is 127 cm³/mol. The quantitative estimate of drug-likeness (QED) is 0.343. The highest BCUT2D eigenvalue weighted by Gasteiger charge is 2.16. The normalized spacial score (nSPS) is 10.8. The van der Waals surface area contributed by atoms with Crippen molar-refractivity contribution in [3.8, 4) is 11.4 Å². The van der Waals surface area contributed by atoms with E-state index in [2.05, 4.69) is 20.9 Å². The Kier molecular flexibility index (Phi) is 9.80. The van der Waals surface area contributed by atoms with Gasteiger partial charge in [-0.05, 0) is 43.7 Å². The van der Waals surface area contributed by atoms with E-state index in [0.717, 1.165) is 4.88 Å². The number of thiophene rings is 1. The second-order valence-electron chi connectivity index (χ2n) is 6.95. The molecule has 0 aliphatic rings. The Labute approximate surface area is 205 Å². The number of carbonyl (C=O) groups excluding carboxylic acids is 2. The summed E-state index contributed by atoms with van der Waals surface area (Å²) in [6, 6.07) is 8.59. The lowest BCUT2D eigenvalue weighted by atomic mass is 10.1. The number of hydrogen-bond acceptors (Lipinski definition) is 7. The third kappa shape index (κ3) is 7.24. The van der Waals surface area contributed by atoms with E-state index in [1.165, 1.54) is 22.2 Å². The lowest BCUT2D eigenvalue weighted by Crippen LogP contribution is -2.25. The van der Waals surface area contributed by atoms with Crippen LogP contribution < -0.4 is 15.4 Å². The van der Waals surface area contributed by atoms with Crippen LogP contribution in [0.25, 0.3) is 5.69 Å². The summed E-state index contributed by atoms with van der Waals surface area (Å²) in [5.41, 5.74) is 1.02. The van der Waals surface area contributed by atoms with Crippen LogP contribution in [-0.2, 0) is 11.2 Å². The van der Waals surface area contributed by atoms with E-state index in [1.54, 1.807) is 18.2 Å². The number of hydrogen-bond donors (Lipinski definition) is 2. The summed E-state index contributed by atoms with van der Waals surface area (Å²) in [5, 5.41) is 13.5. The van der Waals surface area contributed by atoms with Crippen molar-refractivity contribution in [1.29, 1.82) is 0 Å². The maximum atomic E-state index is 12.5. The van der Waals surface area contributed by atoms with Gasteiger partial charge in [-0.1, -0.05) is 16.8 Å². The van der Waals surface area contributed by atoms with Gasteiger partial charge in [0.25, 0.3) is 11.8 Å². The number of carbonyl (C=O) groups is 2. The van der Waals surface area contributed by atoms with Crippen LogP contribution in [0.1, 0.15) is 32.6 Å². The SMILES string of the molecule is CCNC(=O)c1ccc(-n2cc(C(=O)NCCc3ccc(Cl)s3)nn2)c(OCCOCCF)c1. The molecule has 0 aliphatic carbocycles. The van der Waals surface area contributed by atoms with Crippen molar-refractivity contribution in [3.05, 3.63) is 57.0 Å². The predicted octanol–water partition coefficient (Wildman–Crippen LogP) is 3.07. The van der Waals surface area contributed by atoms with Gasteiger partial charge in [0.15, 0.2) is 5.69 Å². The zero-order valence-corrected chi connectivity index (χ0v) is 20.1. The number of benzene rings is 1. The van der Waals surface area contributed by atoms with Gasteiger partial charge in [-0.25, -0.2) is 9.07 Å². The summed E-state index contributed by atoms with van der Waals surface area (Å²) in [6.07, 6.45) is 2.13. The van der Waals surface area contributed by atoms with E-state index in [9.17, 15) is 14.0 Å². The highest BCUT2D eigenvalue weighted by atomic mass is 35.5. The molecular weight excluding hydrogens is 485 g/mol. The fourth-order valence-electron chi connectivity index (χ4n) is 2.95. The third-order valence-electron chi connectivity index (χ3n) is 4.52. The van der Waals surface area contributed by atoms with Crippen molar-refractivity contribution in [2.24, 2.45) is 0 Å². The first-order valence-electron chi connectivity index (χ1n) is 10.7. The maximum absolute atomic E-state index is 12.5. The summed E-state index contributed by atoms with van der Waals surface area (Å²) >= 11 is 7.39. The molecule has 2 aromatic heterocycles. The summed E-state index contributed by atoms with van der Waals surface area (Å²) in [5.74, 6) is -0.271. The van der Waals surface area contributed by atoms with Crippen LogP contribution >= 0.6 is 22.9 Å². The standard InChI is InChI=1S/C22H25ClFN5O4S/c1-2-25-21(30)15-3-5-18(19(13-15)33-12-11-32-10-8-24)29-14-17(27-28-29)22(31)26-9-7-16-4-6-20(23)34-16/h3-6,13-14H,2,7-12H2,1H3,(H,25,30)(H,26,31). The van der Waals surface area contributed by atoms with E-state index < -0.39 is 6.67 Å². The molecule has 34 heavy (non-hydrogen) atoms. The minimum absolute atomic E-state index is 0.0176. The van der Waals surface area contributed by atoms with Gasteiger partial charge in [0.2, 0.25) is 0 Å². The Morgan fingerprint density at radius 1 is 1.15 bits per heavy atom. The first kappa shape index (κ1) is 25.6. The van der Waals surface area contributed by atoms with Crippen LogP contribution in [0.3, 0.4) is 0 Å². The molecule has 0 unspecified atom stereocenters. The summed E-state index contributed by atoms with van der Waals surface area (Å²) in [4.78, 5) is 25.8. The van der Waals surface area contributed by atoms with E-state index >= 15 is 0 Å². The number of ether oxygens (including phenoxy) is 2. The van der Waals surface area contributed by atoms with E-state index in [0.29, 0.717) is 40.8 Å². The first-order chi connectivity index (χ1) is 16.5. The van der Waals surface area contributed by atoms with Crippen molar-refractivity contribution >= 4 is 34.8 Å². The molecule has 3 aromatic rings. The van der Waals surface area contributed by atoms with Gasteiger partial charge in [-0.15, -0.1) is 16.4 Å². The Balaban J connectivity index is 1.70. The number of nitrogens with zero attached hydrogens (tertiary/aromatic N) is 3. The van der Waals surface area contributed by atoms with Crippen LogP contribution in [0.15, 0.2) is 36.5 Å². The fourth-order valence-corrected chi connectivity index (χ4v) is 4.04. The summed E-state index contributed by atoms with van der Waals surface area (Å²) in [6.45, 7) is 2.45. The number of rotatable bonds is 13. The molecule has 3 rings (SSSR count). The lowest BCUT2D eigenvalue weighted by Gasteiger charge is -2.13. The molecule has 9 nitrogen and oxygen atoms in total. The Morgan fingerprint density at radius 3 is 2.74 bits per heavy atom. The average Bonchev–Trinajstić information content (AvgIpc) is 3.48. The zero-order valence-electron chi connectivity index (χ0n) is 18.6. The van der Waals surface area contributed by atoms with Gasteiger partial charge in [0.05, 0.1) is 23.7 Å². The summed E-state index contributed by atoms with van der Waals surface area (Å²) < 4.78 is 25.2. The Morgan fingerprint density at radius 2 is 2.00 bits per heavy atom. The third-order valence-corrected chi connectivity index (χ3v) is 5.82. The lowest BCUT2D eigenvalue weighted by molar-refractivity contribution is 0.0894. The van der Waals surface area contributed by atoms with Gasteiger partial charge in [-0.2, -0.15) is 0 Å². The molecule has 2 amide bonds. The minimum atomic E-state index is -0.581. The number of halogens is 2. The maximum Gasteiger partial charge on any atom is 0.273 e. The highest BCUT2D eigenvalue weighted by molar-refractivity contribution is 7.16. The molecule has 0 aliphatic heterocycles. The number of aromatic nitrogens is 3. The summed E-state index contributed by atoms with van der Waals surface area (Å²) in [7, 11) is 0. The molecule has 2 heterocycles.